The van der Waals surface area contributed by atoms with Gasteiger partial charge in [-0.2, -0.15) is 0 Å². The number of thiophene rings is 1. The van der Waals surface area contributed by atoms with Gasteiger partial charge in [-0.05, 0) is 19.0 Å². The average molecular weight is 295 g/mol. The van der Waals surface area contributed by atoms with Gasteiger partial charge in [0, 0.05) is 18.5 Å². The van der Waals surface area contributed by atoms with Gasteiger partial charge in [0.05, 0.1) is 16.0 Å². The molecule has 108 valence electrons. The van der Waals surface area contributed by atoms with E-state index in [1.165, 1.54) is 6.07 Å². The van der Waals surface area contributed by atoms with Gasteiger partial charge in [0.2, 0.25) is 0 Å². The zero-order chi connectivity index (χ0) is 14.5. The van der Waals surface area contributed by atoms with E-state index in [9.17, 15) is 10.1 Å². The standard InChI is InChI=1S/C13H17N3O3S/c1-9(2)14-7-3-4-12-15-8-10(19-12)11-5-6-13(20-11)16(17)18/h5-6,8-9,14H,3-4,7H2,1-2H3. The van der Waals surface area contributed by atoms with Crippen molar-refractivity contribution >= 4 is 16.3 Å². The van der Waals surface area contributed by atoms with Crippen molar-refractivity contribution in [1.82, 2.24) is 10.3 Å². The molecule has 0 bridgehead atoms. The number of aryl methyl sites for hydroxylation is 1. The van der Waals surface area contributed by atoms with Gasteiger partial charge < -0.3 is 9.73 Å². The maximum absolute atomic E-state index is 10.6. The van der Waals surface area contributed by atoms with Crippen LogP contribution in [0.5, 0.6) is 0 Å². The van der Waals surface area contributed by atoms with Crippen LogP contribution in [0, 0.1) is 10.1 Å². The highest BCUT2D eigenvalue weighted by molar-refractivity contribution is 7.18. The zero-order valence-corrected chi connectivity index (χ0v) is 12.3. The predicted octanol–water partition coefficient (Wildman–Crippen LogP) is 3.24. The number of nitrogens with zero attached hydrogens (tertiary/aromatic N) is 2. The molecule has 1 N–H and O–H groups in total. The molecule has 0 aliphatic carbocycles. The quantitative estimate of drug-likeness (QED) is 0.482. The molecule has 0 radical (unpaired) electrons. The Bertz CT molecular complexity index is 577. The second-order valence-corrected chi connectivity index (χ2v) is 5.79. The van der Waals surface area contributed by atoms with E-state index in [4.69, 9.17) is 4.42 Å². The van der Waals surface area contributed by atoms with Crippen LogP contribution in [0.1, 0.15) is 26.2 Å². The van der Waals surface area contributed by atoms with E-state index < -0.39 is 4.92 Å². The zero-order valence-electron chi connectivity index (χ0n) is 11.5. The number of rotatable bonds is 7. The number of aromatic nitrogens is 1. The minimum atomic E-state index is -0.400. The minimum absolute atomic E-state index is 0.110. The average Bonchev–Trinajstić information content (AvgIpc) is 3.03. The molecule has 2 aromatic rings. The Morgan fingerprint density at radius 1 is 1.50 bits per heavy atom. The SMILES string of the molecule is CC(C)NCCCc1ncc(-c2ccc([N+](=O)[O-])s2)o1. The highest BCUT2D eigenvalue weighted by Gasteiger charge is 2.14. The summed E-state index contributed by atoms with van der Waals surface area (Å²) in [4.78, 5) is 15.2. The highest BCUT2D eigenvalue weighted by Crippen LogP contribution is 2.32. The van der Waals surface area contributed by atoms with Crippen molar-refractivity contribution in [2.24, 2.45) is 0 Å². The van der Waals surface area contributed by atoms with Crippen LogP contribution in [0.4, 0.5) is 5.00 Å². The van der Waals surface area contributed by atoms with Crippen LogP contribution in [-0.4, -0.2) is 22.5 Å². The number of oxazole rings is 1. The van der Waals surface area contributed by atoms with Gasteiger partial charge in [0.15, 0.2) is 11.7 Å². The van der Waals surface area contributed by atoms with Crippen LogP contribution in [0.25, 0.3) is 10.6 Å². The number of nitrogens with one attached hydrogen (secondary N) is 1. The molecule has 0 atom stereocenters. The largest absolute Gasteiger partial charge is 0.440 e. The fraction of sp³-hybridized carbons (Fsp3) is 0.462. The molecule has 0 aliphatic rings. The van der Waals surface area contributed by atoms with Gasteiger partial charge >= 0.3 is 5.00 Å². The van der Waals surface area contributed by atoms with E-state index in [1.54, 1.807) is 12.3 Å². The summed E-state index contributed by atoms with van der Waals surface area (Å²) >= 11 is 1.09. The first-order valence-corrected chi connectivity index (χ1v) is 7.30. The molecule has 0 spiro atoms. The molecule has 0 saturated heterocycles. The summed E-state index contributed by atoms with van der Waals surface area (Å²) in [6.45, 7) is 5.12. The molecule has 20 heavy (non-hydrogen) atoms. The molecule has 0 aromatic carbocycles. The van der Waals surface area contributed by atoms with Crippen LogP contribution in [-0.2, 0) is 6.42 Å². The van der Waals surface area contributed by atoms with Crippen LogP contribution >= 0.6 is 11.3 Å². The van der Waals surface area contributed by atoms with Crippen LogP contribution in [0.3, 0.4) is 0 Å². The summed E-state index contributed by atoms with van der Waals surface area (Å²) in [5.74, 6) is 1.26. The molecule has 0 unspecified atom stereocenters. The molecule has 0 aliphatic heterocycles. The van der Waals surface area contributed by atoms with E-state index in [-0.39, 0.29) is 5.00 Å². The Morgan fingerprint density at radius 3 is 2.95 bits per heavy atom. The molecule has 0 fully saturated rings. The van der Waals surface area contributed by atoms with Gasteiger partial charge in [-0.25, -0.2) is 4.98 Å². The highest BCUT2D eigenvalue weighted by atomic mass is 32.1. The molecule has 6 nitrogen and oxygen atoms in total. The normalized spacial score (nSPS) is 11.2. The first-order chi connectivity index (χ1) is 9.56. The summed E-state index contributed by atoms with van der Waals surface area (Å²) in [6.07, 6.45) is 3.33. The van der Waals surface area contributed by atoms with E-state index in [2.05, 4.69) is 24.1 Å². The lowest BCUT2D eigenvalue weighted by Gasteiger charge is -2.05. The topological polar surface area (TPSA) is 81.2 Å². The van der Waals surface area contributed by atoms with Crippen molar-refractivity contribution in [2.45, 2.75) is 32.7 Å². The molecular weight excluding hydrogens is 278 g/mol. The van der Waals surface area contributed by atoms with Crippen molar-refractivity contribution in [3.05, 3.63) is 34.3 Å². The summed E-state index contributed by atoms with van der Waals surface area (Å²) in [5.41, 5.74) is 0. The van der Waals surface area contributed by atoms with Crippen LogP contribution in [0.2, 0.25) is 0 Å². The second-order valence-electron chi connectivity index (χ2n) is 4.73. The maximum atomic E-state index is 10.6. The van der Waals surface area contributed by atoms with E-state index in [1.807, 2.05) is 0 Å². The van der Waals surface area contributed by atoms with Crippen molar-refractivity contribution in [3.63, 3.8) is 0 Å². The molecule has 2 aromatic heterocycles. The van der Waals surface area contributed by atoms with Crippen molar-refractivity contribution in [3.8, 4) is 10.6 Å². The molecule has 0 amide bonds. The smallest absolute Gasteiger partial charge is 0.324 e. The Balaban J connectivity index is 1.92. The second kappa shape index (κ2) is 6.62. The lowest BCUT2D eigenvalue weighted by molar-refractivity contribution is -0.380. The third kappa shape index (κ3) is 3.88. The summed E-state index contributed by atoms with van der Waals surface area (Å²) in [7, 11) is 0. The van der Waals surface area contributed by atoms with E-state index in [0.29, 0.717) is 17.7 Å². The Labute approximate surface area is 121 Å². The maximum Gasteiger partial charge on any atom is 0.324 e. The number of nitro groups is 1. The lowest BCUT2D eigenvalue weighted by atomic mass is 10.3. The van der Waals surface area contributed by atoms with Gasteiger partial charge in [0.25, 0.3) is 0 Å². The summed E-state index contributed by atoms with van der Waals surface area (Å²) in [6, 6.07) is 3.64. The van der Waals surface area contributed by atoms with Gasteiger partial charge in [0.1, 0.15) is 0 Å². The Hall–Kier alpha value is -1.73. The molecule has 2 rings (SSSR count). The van der Waals surface area contributed by atoms with Crippen LogP contribution < -0.4 is 5.32 Å². The van der Waals surface area contributed by atoms with Crippen molar-refractivity contribution in [2.75, 3.05) is 6.54 Å². The Morgan fingerprint density at radius 2 is 2.30 bits per heavy atom. The van der Waals surface area contributed by atoms with E-state index in [0.717, 1.165) is 35.6 Å². The van der Waals surface area contributed by atoms with Gasteiger partial charge in [-0.3, -0.25) is 10.1 Å². The van der Waals surface area contributed by atoms with Crippen molar-refractivity contribution in [1.29, 1.82) is 0 Å². The Kier molecular flexibility index (Phi) is 4.86. The molecular formula is C13H17N3O3S. The predicted molar refractivity (Wildman–Crippen MR) is 77.9 cm³/mol. The molecule has 2 heterocycles. The monoisotopic (exact) mass is 295 g/mol. The van der Waals surface area contributed by atoms with E-state index >= 15 is 0 Å². The van der Waals surface area contributed by atoms with Gasteiger partial charge in [-0.1, -0.05) is 25.2 Å². The lowest BCUT2D eigenvalue weighted by Crippen LogP contribution is -2.23. The third-order valence-corrected chi connectivity index (χ3v) is 3.74. The van der Waals surface area contributed by atoms with Crippen molar-refractivity contribution < 1.29 is 9.34 Å². The first-order valence-electron chi connectivity index (χ1n) is 6.49. The van der Waals surface area contributed by atoms with Crippen LogP contribution in [0.15, 0.2) is 22.7 Å². The molecule has 7 heteroatoms. The minimum Gasteiger partial charge on any atom is -0.440 e. The fourth-order valence-electron chi connectivity index (χ4n) is 1.73. The number of hydrogen-bond donors (Lipinski definition) is 1. The summed E-state index contributed by atoms with van der Waals surface area (Å²) < 4.78 is 5.62. The third-order valence-electron chi connectivity index (χ3n) is 2.69. The first kappa shape index (κ1) is 14.7. The molecule has 0 saturated carbocycles. The summed E-state index contributed by atoms with van der Waals surface area (Å²) in [5, 5.41) is 14.1. The van der Waals surface area contributed by atoms with Gasteiger partial charge in [-0.15, -0.1) is 0 Å². The fourth-order valence-corrected chi connectivity index (χ4v) is 2.50. The number of hydrogen-bond acceptors (Lipinski definition) is 6.